The van der Waals surface area contributed by atoms with Gasteiger partial charge in [0.25, 0.3) is 0 Å². The molecule has 0 unspecified atom stereocenters. The average Bonchev–Trinajstić information content (AvgIpc) is 3.01. The van der Waals surface area contributed by atoms with E-state index in [0.717, 1.165) is 37.5 Å². The molecule has 0 saturated carbocycles. The van der Waals surface area contributed by atoms with E-state index >= 15 is 0 Å². The van der Waals surface area contributed by atoms with E-state index in [1.807, 2.05) is 0 Å². The molecule has 0 N–H and O–H groups in total. The molecular formula is C29H30N2O. The van der Waals surface area contributed by atoms with Crippen LogP contribution in [0, 0.1) is 13.8 Å². The van der Waals surface area contributed by atoms with Gasteiger partial charge in [0.1, 0.15) is 6.61 Å². The first-order valence-corrected chi connectivity index (χ1v) is 11.5. The lowest BCUT2D eigenvalue weighted by atomic mass is 9.88. The highest BCUT2D eigenvalue weighted by Gasteiger charge is 2.20. The number of pyridine rings is 1. The summed E-state index contributed by atoms with van der Waals surface area (Å²) in [6, 6.07) is 28.4. The number of ether oxygens (including phenoxy) is 1. The molecule has 0 spiro atoms. The molecule has 162 valence electrons. The topological polar surface area (TPSA) is 25.4 Å². The zero-order valence-corrected chi connectivity index (χ0v) is 18.9. The second-order valence-corrected chi connectivity index (χ2v) is 8.89. The maximum atomic E-state index is 6.10. The van der Waals surface area contributed by atoms with Gasteiger partial charge >= 0.3 is 0 Å². The number of hydrogen-bond acceptors (Lipinski definition) is 3. The zero-order chi connectivity index (χ0) is 21.9. The van der Waals surface area contributed by atoms with E-state index in [0.29, 0.717) is 12.5 Å². The summed E-state index contributed by atoms with van der Waals surface area (Å²) < 4.78 is 6.10. The fraction of sp³-hybridized carbons (Fsp3) is 0.276. The number of rotatable bonds is 5. The second-order valence-electron chi connectivity index (χ2n) is 8.89. The van der Waals surface area contributed by atoms with Crippen LogP contribution in [0.25, 0.3) is 10.9 Å². The van der Waals surface area contributed by atoms with Crippen molar-refractivity contribution in [3.8, 4) is 5.88 Å². The number of nitrogens with zero attached hydrogens (tertiary/aromatic N) is 2. The van der Waals surface area contributed by atoms with Crippen molar-refractivity contribution >= 4 is 10.9 Å². The van der Waals surface area contributed by atoms with Gasteiger partial charge in [0.15, 0.2) is 0 Å². The molecule has 2 heterocycles. The summed E-state index contributed by atoms with van der Waals surface area (Å²) in [4.78, 5) is 7.41. The van der Waals surface area contributed by atoms with Crippen LogP contribution in [0.1, 0.15) is 40.2 Å². The van der Waals surface area contributed by atoms with Gasteiger partial charge < -0.3 is 4.74 Å². The highest BCUT2D eigenvalue weighted by molar-refractivity contribution is 5.84. The molecule has 0 atom stereocenters. The summed E-state index contributed by atoms with van der Waals surface area (Å²) in [6.45, 7) is 7.77. The molecule has 0 bridgehead atoms. The van der Waals surface area contributed by atoms with Crippen molar-refractivity contribution in [1.29, 1.82) is 0 Å². The molecule has 1 aliphatic heterocycles. The van der Waals surface area contributed by atoms with Crippen LogP contribution in [0.15, 0.2) is 78.9 Å². The normalized spacial score (nSPS) is 14.2. The lowest BCUT2D eigenvalue weighted by Gasteiger charge is -2.24. The molecule has 0 aliphatic carbocycles. The predicted molar refractivity (Wildman–Crippen MR) is 131 cm³/mol. The van der Waals surface area contributed by atoms with Crippen molar-refractivity contribution in [2.45, 2.75) is 32.7 Å². The number of hydrogen-bond donors (Lipinski definition) is 0. The van der Waals surface area contributed by atoms with Crippen molar-refractivity contribution in [3.63, 3.8) is 0 Å². The minimum Gasteiger partial charge on any atom is -0.476 e. The number of aryl methyl sites for hydroxylation is 2. The van der Waals surface area contributed by atoms with Gasteiger partial charge in [-0.15, -0.1) is 0 Å². The largest absolute Gasteiger partial charge is 0.476 e. The smallest absolute Gasteiger partial charge is 0.218 e. The third kappa shape index (κ3) is 4.39. The van der Waals surface area contributed by atoms with E-state index in [2.05, 4.69) is 97.6 Å². The van der Waals surface area contributed by atoms with E-state index in [4.69, 9.17) is 9.72 Å². The van der Waals surface area contributed by atoms with Gasteiger partial charge in [-0.1, -0.05) is 72.3 Å². The Labute approximate surface area is 190 Å². The Hall–Kier alpha value is -3.17. The first-order chi connectivity index (χ1) is 15.7. The van der Waals surface area contributed by atoms with Crippen LogP contribution in [-0.2, 0) is 6.54 Å². The summed E-state index contributed by atoms with van der Waals surface area (Å²) in [5.41, 5.74) is 7.48. The summed E-state index contributed by atoms with van der Waals surface area (Å²) in [6.07, 6.45) is 1.07. The Bertz CT molecular complexity index is 1160. The molecule has 0 saturated heterocycles. The molecule has 4 aromatic rings. The summed E-state index contributed by atoms with van der Waals surface area (Å²) in [5.74, 6) is 1.19. The molecule has 5 rings (SSSR count). The second kappa shape index (κ2) is 9.13. The van der Waals surface area contributed by atoms with Crippen LogP contribution in [0.4, 0.5) is 0 Å². The Morgan fingerprint density at radius 3 is 2.28 bits per heavy atom. The van der Waals surface area contributed by atoms with Gasteiger partial charge in [0.2, 0.25) is 5.88 Å². The molecule has 32 heavy (non-hydrogen) atoms. The molecule has 0 radical (unpaired) electrons. The highest BCUT2D eigenvalue weighted by atomic mass is 16.5. The van der Waals surface area contributed by atoms with Crippen molar-refractivity contribution in [3.05, 3.63) is 107 Å². The quantitative estimate of drug-likeness (QED) is 0.379. The highest BCUT2D eigenvalue weighted by Crippen LogP contribution is 2.31. The Balaban J connectivity index is 1.38. The van der Waals surface area contributed by atoms with E-state index in [1.165, 1.54) is 33.2 Å². The molecule has 0 amide bonds. The monoisotopic (exact) mass is 422 g/mol. The summed E-state index contributed by atoms with van der Waals surface area (Å²) in [7, 11) is 0. The third-order valence-electron chi connectivity index (χ3n) is 6.47. The minimum atomic E-state index is 0.390. The van der Waals surface area contributed by atoms with Gasteiger partial charge in [-0.05, 0) is 55.6 Å². The Kier molecular flexibility index (Phi) is 5.91. The Morgan fingerprint density at radius 2 is 1.59 bits per heavy atom. The predicted octanol–water partition coefficient (Wildman–Crippen LogP) is 6.27. The summed E-state index contributed by atoms with van der Waals surface area (Å²) in [5, 5.41) is 1.21. The van der Waals surface area contributed by atoms with Crippen molar-refractivity contribution in [1.82, 2.24) is 9.88 Å². The number of benzene rings is 3. The molecule has 3 nitrogen and oxygen atoms in total. The fourth-order valence-corrected chi connectivity index (χ4v) is 4.91. The van der Waals surface area contributed by atoms with E-state index < -0.39 is 0 Å². The molecule has 1 aromatic heterocycles. The fourth-order valence-electron chi connectivity index (χ4n) is 4.91. The van der Waals surface area contributed by atoms with E-state index in [1.54, 1.807) is 0 Å². The zero-order valence-electron chi connectivity index (χ0n) is 18.9. The average molecular weight is 423 g/mol. The van der Waals surface area contributed by atoms with Crippen LogP contribution >= 0.6 is 0 Å². The first kappa shape index (κ1) is 20.7. The van der Waals surface area contributed by atoms with E-state index in [9.17, 15) is 0 Å². The molecule has 1 aliphatic rings. The van der Waals surface area contributed by atoms with E-state index in [-0.39, 0.29) is 0 Å². The van der Waals surface area contributed by atoms with Crippen LogP contribution < -0.4 is 4.74 Å². The van der Waals surface area contributed by atoms with Gasteiger partial charge in [-0.3, -0.25) is 4.90 Å². The van der Waals surface area contributed by atoms with Crippen LogP contribution in [0.5, 0.6) is 5.88 Å². The van der Waals surface area contributed by atoms with Gasteiger partial charge in [0.05, 0.1) is 5.52 Å². The van der Waals surface area contributed by atoms with Gasteiger partial charge in [0, 0.05) is 30.0 Å². The summed E-state index contributed by atoms with van der Waals surface area (Å²) >= 11 is 0. The number of aromatic nitrogens is 1. The molecule has 0 fully saturated rings. The van der Waals surface area contributed by atoms with Gasteiger partial charge in [-0.25, -0.2) is 4.98 Å². The van der Waals surface area contributed by atoms with Gasteiger partial charge in [-0.2, -0.15) is 0 Å². The molecule has 3 heteroatoms. The number of fused-ring (bicyclic) bond motifs is 2. The molecular weight excluding hydrogens is 392 g/mol. The van der Waals surface area contributed by atoms with Crippen LogP contribution in [0.3, 0.4) is 0 Å². The maximum absolute atomic E-state index is 6.10. The van der Waals surface area contributed by atoms with Crippen molar-refractivity contribution < 1.29 is 4.74 Å². The van der Waals surface area contributed by atoms with Crippen LogP contribution in [0.2, 0.25) is 0 Å². The molecule has 3 aromatic carbocycles. The third-order valence-corrected chi connectivity index (χ3v) is 6.47. The standard InChI is InChI=1S/C29H30N2O/c1-21-17-22(2)28-25(18-21)19-26-20-31(15-16-32-29(26)30-28)14-13-27(23-9-5-3-6-10-23)24-11-7-4-8-12-24/h3-12,17-19,27H,13-16,20H2,1-2H3. The van der Waals surface area contributed by atoms with Crippen LogP contribution in [-0.4, -0.2) is 29.6 Å². The maximum Gasteiger partial charge on any atom is 0.218 e. The lowest BCUT2D eigenvalue weighted by molar-refractivity contribution is 0.219. The Morgan fingerprint density at radius 1 is 0.906 bits per heavy atom. The lowest BCUT2D eigenvalue weighted by Crippen LogP contribution is -2.28. The minimum absolute atomic E-state index is 0.390. The van der Waals surface area contributed by atoms with Crippen molar-refractivity contribution in [2.24, 2.45) is 0 Å². The SMILES string of the molecule is Cc1cc(C)c2nc3c(cc2c1)CN(CCC(c1ccccc1)c1ccccc1)CCO3. The first-order valence-electron chi connectivity index (χ1n) is 11.5. The van der Waals surface area contributed by atoms with Crippen molar-refractivity contribution in [2.75, 3.05) is 19.7 Å².